The van der Waals surface area contributed by atoms with Crippen LogP contribution >= 0.6 is 15.9 Å². The van der Waals surface area contributed by atoms with Crippen molar-refractivity contribution in [1.82, 2.24) is 20.1 Å². The van der Waals surface area contributed by atoms with Crippen molar-refractivity contribution in [2.75, 3.05) is 0 Å². The number of carbonyl (C=O) groups excluding carboxylic acids is 2. The molecule has 2 aromatic carbocycles. The summed E-state index contributed by atoms with van der Waals surface area (Å²) in [5.41, 5.74) is 4.71. The second kappa shape index (κ2) is 12.8. The molecule has 2 aromatic heterocycles. The van der Waals surface area contributed by atoms with Crippen molar-refractivity contribution in [3.05, 3.63) is 105 Å². The van der Waals surface area contributed by atoms with Gasteiger partial charge >= 0.3 is 0 Å². The summed E-state index contributed by atoms with van der Waals surface area (Å²) in [5, 5.41) is 6.44. The third kappa shape index (κ3) is 6.81. The lowest BCUT2D eigenvalue weighted by Crippen LogP contribution is -2.34. The normalized spacial score (nSPS) is 12.8. The van der Waals surface area contributed by atoms with Gasteiger partial charge in [-0.3, -0.25) is 19.3 Å². The fraction of sp³-hybridized carbons (Fsp3) is 0.214. The number of benzene rings is 2. The third-order valence-corrected chi connectivity index (χ3v) is 7.05. The van der Waals surface area contributed by atoms with Crippen LogP contribution in [0.1, 0.15) is 58.6 Å². The first-order valence-electron chi connectivity index (χ1n) is 12.3. The Kier molecular flexibility index (Phi) is 9.34. The molecule has 4 rings (SSSR count). The molecular weight excluding hydrogens is 632 g/mol. The predicted molar refractivity (Wildman–Crippen MR) is 144 cm³/mol. The molecule has 220 valence electrons. The van der Waals surface area contributed by atoms with Gasteiger partial charge in [0.25, 0.3) is 12.3 Å². The number of primary amides is 1. The van der Waals surface area contributed by atoms with Crippen LogP contribution in [-0.2, 0) is 17.8 Å². The number of carbonyl (C=O) groups is 2. The van der Waals surface area contributed by atoms with E-state index in [0.29, 0.717) is 16.3 Å². The maximum absolute atomic E-state index is 14.2. The Bertz CT molecular complexity index is 1630. The van der Waals surface area contributed by atoms with Crippen molar-refractivity contribution in [2.45, 2.75) is 38.5 Å². The number of alkyl halides is 3. The minimum atomic E-state index is -3.10. The topological polar surface area (TPSA) is 103 Å². The van der Waals surface area contributed by atoms with Gasteiger partial charge in [-0.15, -0.1) is 0 Å². The molecule has 4 aromatic rings. The van der Waals surface area contributed by atoms with E-state index in [2.05, 4.69) is 31.3 Å². The van der Waals surface area contributed by atoms with Gasteiger partial charge < -0.3 is 11.1 Å². The molecule has 0 saturated carbocycles. The molecule has 42 heavy (non-hydrogen) atoms. The van der Waals surface area contributed by atoms with Crippen LogP contribution in [0, 0.1) is 17.5 Å². The fourth-order valence-corrected chi connectivity index (χ4v) is 5.21. The number of nitrogens with two attached hydrogens (primary N) is 1. The fourth-order valence-electron chi connectivity index (χ4n) is 4.43. The van der Waals surface area contributed by atoms with E-state index in [1.807, 2.05) is 0 Å². The van der Waals surface area contributed by atoms with Crippen LogP contribution in [-0.4, -0.2) is 26.6 Å². The summed E-state index contributed by atoms with van der Waals surface area (Å²) in [6, 6.07) is 8.27. The van der Waals surface area contributed by atoms with Crippen LogP contribution in [0.4, 0.5) is 26.3 Å². The summed E-state index contributed by atoms with van der Waals surface area (Å²) in [7, 11) is 0. The van der Waals surface area contributed by atoms with E-state index in [1.165, 1.54) is 24.4 Å². The molecule has 0 saturated heterocycles. The first kappa shape index (κ1) is 30.8. The van der Waals surface area contributed by atoms with Crippen LogP contribution in [0.2, 0.25) is 0 Å². The van der Waals surface area contributed by atoms with Gasteiger partial charge in [0.15, 0.2) is 0 Å². The third-order valence-electron chi connectivity index (χ3n) is 6.24. The molecule has 2 atom stereocenters. The molecule has 0 fully saturated rings. The number of pyridine rings is 1. The Morgan fingerprint density at radius 2 is 1.71 bits per heavy atom. The van der Waals surface area contributed by atoms with Gasteiger partial charge in [0.05, 0.1) is 21.8 Å². The average Bonchev–Trinajstić information content (AvgIpc) is 3.23. The molecule has 7 nitrogen and oxygen atoms in total. The molecule has 3 N–H and O–H groups in total. The van der Waals surface area contributed by atoms with E-state index in [9.17, 15) is 35.9 Å². The lowest BCUT2D eigenvalue weighted by molar-refractivity contribution is -0.122. The van der Waals surface area contributed by atoms with Crippen LogP contribution in [0.5, 0.6) is 0 Å². The predicted octanol–water partition coefficient (Wildman–Crippen LogP) is 6.29. The number of hydrogen-bond acceptors (Lipinski definition) is 4. The standard InChI is InChI=1S/C28H22BrF6N5O2/c1-13(30)24-23(29)26(27(34)35)40(39-24)12-22(41)38-21(9-14-7-16(31)11-17(32)8-14)25-18(3-2-6-37-25)15-4-5-20(33)19(10-15)28(36)42/h2-8,10-11,13,21,27H,9,12H2,1H3,(H2,36,42)(H,38,41)/t13?,21-/m0/s1. The summed E-state index contributed by atoms with van der Waals surface area (Å²) < 4.78 is 84.1. The van der Waals surface area contributed by atoms with Crippen LogP contribution < -0.4 is 11.1 Å². The summed E-state index contributed by atoms with van der Waals surface area (Å²) in [5.74, 6) is -4.50. The quantitative estimate of drug-likeness (QED) is 0.196. The number of rotatable bonds is 10. The lowest BCUT2D eigenvalue weighted by atomic mass is 9.94. The summed E-state index contributed by atoms with van der Waals surface area (Å²) >= 11 is 2.92. The van der Waals surface area contributed by atoms with Crippen molar-refractivity contribution >= 4 is 27.7 Å². The molecule has 0 radical (unpaired) electrons. The number of hydrogen-bond donors (Lipinski definition) is 2. The highest BCUT2D eigenvalue weighted by atomic mass is 79.9. The second-order valence-electron chi connectivity index (χ2n) is 9.26. The van der Waals surface area contributed by atoms with Crippen LogP contribution in [0.3, 0.4) is 0 Å². The molecule has 0 aliphatic heterocycles. The van der Waals surface area contributed by atoms with Crippen molar-refractivity contribution < 1.29 is 35.9 Å². The van der Waals surface area contributed by atoms with Gasteiger partial charge in [0.2, 0.25) is 5.91 Å². The molecule has 1 unspecified atom stereocenters. The molecule has 0 aliphatic carbocycles. The highest BCUT2D eigenvalue weighted by Crippen LogP contribution is 2.35. The summed E-state index contributed by atoms with van der Waals surface area (Å²) in [6.07, 6.45) is -3.66. The Morgan fingerprint density at radius 3 is 2.33 bits per heavy atom. The van der Waals surface area contributed by atoms with Crippen LogP contribution in [0.25, 0.3) is 11.1 Å². The van der Waals surface area contributed by atoms with E-state index in [-0.39, 0.29) is 33.4 Å². The number of aromatic nitrogens is 3. The summed E-state index contributed by atoms with van der Waals surface area (Å²) in [4.78, 5) is 29.3. The van der Waals surface area contributed by atoms with Crippen molar-refractivity contribution in [1.29, 1.82) is 0 Å². The average molecular weight is 654 g/mol. The van der Waals surface area contributed by atoms with E-state index >= 15 is 0 Å². The van der Waals surface area contributed by atoms with E-state index in [1.54, 1.807) is 6.07 Å². The number of nitrogens with zero attached hydrogens (tertiary/aromatic N) is 3. The zero-order chi connectivity index (χ0) is 30.7. The Hall–Kier alpha value is -4.20. The van der Waals surface area contributed by atoms with Crippen molar-refractivity contribution in [3.63, 3.8) is 0 Å². The Balaban J connectivity index is 1.76. The maximum Gasteiger partial charge on any atom is 0.281 e. The monoisotopic (exact) mass is 653 g/mol. The zero-order valence-electron chi connectivity index (χ0n) is 21.7. The van der Waals surface area contributed by atoms with Gasteiger partial charge in [-0.1, -0.05) is 12.1 Å². The minimum Gasteiger partial charge on any atom is -0.366 e. The number of amides is 2. The highest BCUT2D eigenvalue weighted by molar-refractivity contribution is 9.10. The van der Waals surface area contributed by atoms with E-state index in [4.69, 9.17) is 5.73 Å². The summed E-state index contributed by atoms with van der Waals surface area (Å²) in [6.45, 7) is 0.339. The molecule has 0 spiro atoms. The highest BCUT2D eigenvalue weighted by Gasteiger charge is 2.28. The Morgan fingerprint density at radius 1 is 1.02 bits per heavy atom. The van der Waals surface area contributed by atoms with Gasteiger partial charge in [0.1, 0.15) is 41.6 Å². The van der Waals surface area contributed by atoms with Gasteiger partial charge in [-0.05, 0) is 70.7 Å². The lowest BCUT2D eigenvalue weighted by Gasteiger charge is -2.22. The molecule has 2 amide bonds. The minimum absolute atomic E-state index is 0.120. The van der Waals surface area contributed by atoms with E-state index < -0.39 is 65.7 Å². The molecule has 14 heteroatoms. The largest absolute Gasteiger partial charge is 0.366 e. The second-order valence-corrected chi connectivity index (χ2v) is 10.0. The van der Waals surface area contributed by atoms with Crippen molar-refractivity contribution in [3.8, 4) is 11.1 Å². The number of nitrogens with one attached hydrogen (secondary N) is 1. The van der Waals surface area contributed by atoms with Crippen molar-refractivity contribution in [2.24, 2.45) is 5.73 Å². The van der Waals surface area contributed by atoms with Gasteiger partial charge in [-0.25, -0.2) is 26.3 Å². The maximum atomic E-state index is 14.2. The SMILES string of the molecule is CC(F)c1nn(CC(=O)N[C@@H](Cc2cc(F)cc(F)c2)c2ncccc2-c2ccc(F)c(C(N)=O)c2)c(C(F)F)c1Br. The van der Waals surface area contributed by atoms with Gasteiger partial charge in [0, 0.05) is 17.8 Å². The molecule has 0 aliphatic rings. The van der Waals surface area contributed by atoms with E-state index in [0.717, 1.165) is 25.1 Å². The molecule has 2 heterocycles. The van der Waals surface area contributed by atoms with Crippen LogP contribution in [0.15, 0.2) is 59.2 Å². The Labute approximate surface area is 243 Å². The molecule has 0 bridgehead atoms. The van der Waals surface area contributed by atoms with Gasteiger partial charge in [-0.2, -0.15) is 5.10 Å². The smallest absolute Gasteiger partial charge is 0.281 e. The number of halogens is 7. The zero-order valence-corrected chi connectivity index (χ0v) is 23.3. The first-order valence-corrected chi connectivity index (χ1v) is 13.1. The first-order chi connectivity index (χ1) is 19.8. The molecular formula is C28H22BrF6N5O2.